The third-order valence-corrected chi connectivity index (χ3v) is 8.72. The Hall–Kier alpha value is -2.95. The molecular formula is C30H34F6N2O3. The summed E-state index contributed by atoms with van der Waals surface area (Å²) in [7, 11) is 1.40. The van der Waals surface area contributed by atoms with Gasteiger partial charge in [0.2, 0.25) is 0 Å². The van der Waals surface area contributed by atoms with Crippen molar-refractivity contribution >= 4 is 11.7 Å². The Labute approximate surface area is 235 Å². The van der Waals surface area contributed by atoms with Crippen molar-refractivity contribution in [2.24, 2.45) is 17.8 Å². The van der Waals surface area contributed by atoms with Gasteiger partial charge >= 0.3 is 18.3 Å². The van der Waals surface area contributed by atoms with Crippen LogP contribution in [0.3, 0.4) is 0 Å². The lowest BCUT2D eigenvalue weighted by molar-refractivity contribution is -0.145. The Morgan fingerprint density at radius 2 is 1.73 bits per heavy atom. The number of ether oxygens (including phenoxy) is 2. The van der Waals surface area contributed by atoms with Gasteiger partial charge in [-0.15, -0.1) is 0 Å². The van der Waals surface area contributed by atoms with Crippen LogP contribution in [0.25, 0.3) is 0 Å². The first-order valence-electron chi connectivity index (χ1n) is 14.0. The maximum absolute atomic E-state index is 13.5. The van der Waals surface area contributed by atoms with Gasteiger partial charge in [0.1, 0.15) is 12.4 Å². The SMILES string of the molecule is COC(=O)[C@@H](C)[C@H](c1ccc2c(c1)N[C@@H](C1CCN(Cc3cc(C(F)(F)F)ccc3C(F)(F)F)CC1)CO2)C1CC1. The van der Waals surface area contributed by atoms with Crippen LogP contribution in [0.4, 0.5) is 32.0 Å². The standard InChI is InChI=1S/C30H34F6N2O3/c1-17(28(39)40-2)27(19-3-4-19)20-5-8-26-24(14-20)37-25(16-41-26)18-9-11-38(12-10-18)15-21-13-22(29(31,32)33)6-7-23(21)30(34,35)36/h5-8,13-14,17-19,25,27,37H,3-4,9-12,15-16H2,1-2H3/t17-,25+,27-/m0/s1. The summed E-state index contributed by atoms with van der Waals surface area (Å²) < 4.78 is 91.3. The van der Waals surface area contributed by atoms with E-state index < -0.39 is 23.5 Å². The predicted octanol–water partition coefficient (Wildman–Crippen LogP) is 7.11. The van der Waals surface area contributed by atoms with Gasteiger partial charge in [-0.1, -0.05) is 13.0 Å². The second-order valence-electron chi connectivity index (χ2n) is 11.5. The molecule has 41 heavy (non-hydrogen) atoms. The summed E-state index contributed by atoms with van der Waals surface area (Å²) in [5.41, 5.74) is -0.576. The highest BCUT2D eigenvalue weighted by molar-refractivity contribution is 5.73. The summed E-state index contributed by atoms with van der Waals surface area (Å²) in [5.74, 6) is 0.884. The molecule has 1 N–H and O–H groups in total. The molecule has 0 radical (unpaired) electrons. The summed E-state index contributed by atoms with van der Waals surface area (Å²) in [5, 5.41) is 3.59. The van der Waals surface area contributed by atoms with Crippen LogP contribution in [0.1, 0.15) is 60.8 Å². The largest absolute Gasteiger partial charge is 0.489 e. The van der Waals surface area contributed by atoms with Gasteiger partial charge < -0.3 is 14.8 Å². The van der Waals surface area contributed by atoms with E-state index in [4.69, 9.17) is 9.47 Å². The first-order chi connectivity index (χ1) is 19.3. The molecule has 2 heterocycles. The van der Waals surface area contributed by atoms with Gasteiger partial charge in [-0.05, 0) is 98.0 Å². The molecule has 3 atom stereocenters. The first kappa shape index (κ1) is 29.5. The van der Waals surface area contributed by atoms with Crippen LogP contribution in [-0.2, 0) is 28.4 Å². The molecule has 0 unspecified atom stereocenters. The van der Waals surface area contributed by atoms with Gasteiger partial charge in [-0.3, -0.25) is 9.69 Å². The second-order valence-corrected chi connectivity index (χ2v) is 11.5. The summed E-state index contributed by atoms with van der Waals surface area (Å²) in [4.78, 5) is 14.1. The number of anilines is 1. The van der Waals surface area contributed by atoms with Crippen molar-refractivity contribution in [2.75, 3.05) is 32.1 Å². The van der Waals surface area contributed by atoms with Crippen LogP contribution in [-0.4, -0.2) is 43.7 Å². The maximum Gasteiger partial charge on any atom is 0.416 e. The average molecular weight is 585 g/mol. The van der Waals surface area contributed by atoms with Crippen molar-refractivity contribution < 1.29 is 40.6 Å². The summed E-state index contributed by atoms with van der Waals surface area (Å²) in [6.07, 6.45) is -5.98. The normalized spacial score (nSPS) is 21.8. The van der Waals surface area contributed by atoms with Crippen LogP contribution < -0.4 is 10.1 Å². The predicted molar refractivity (Wildman–Crippen MR) is 140 cm³/mol. The average Bonchev–Trinajstić information content (AvgIpc) is 3.77. The van der Waals surface area contributed by atoms with E-state index in [9.17, 15) is 31.1 Å². The van der Waals surface area contributed by atoms with Crippen LogP contribution in [0.15, 0.2) is 36.4 Å². The van der Waals surface area contributed by atoms with Crippen molar-refractivity contribution in [1.82, 2.24) is 4.90 Å². The van der Waals surface area contributed by atoms with E-state index in [0.717, 1.165) is 29.8 Å². The number of alkyl halides is 6. The Kier molecular flexibility index (Phi) is 8.20. The third kappa shape index (κ3) is 6.60. The molecule has 2 fully saturated rings. The number of likely N-dealkylation sites (tertiary alicyclic amines) is 1. The lowest BCUT2D eigenvalue weighted by atomic mass is 9.82. The lowest BCUT2D eigenvalue weighted by Crippen LogP contribution is -2.44. The number of rotatable bonds is 7. The van der Waals surface area contributed by atoms with Crippen molar-refractivity contribution in [3.8, 4) is 5.75 Å². The van der Waals surface area contributed by atoms with E-state index >= 15 is 0 Å². The Morgan fingerprint density at radius 1 is 1.02 bits per heavy atom. The van der Waals surface area contributed by atoms with E-state index in [2.05, 4.69) is 5.32 Å². The summed E-state index contributed by atoms with van der Waals surface area (Å²) in [6, 6.07) is 7.59. The zero-order chi connectivity index (χ0) is 29.5. The monoisotopic (exact) mass is 584 g/mol. The topological polar surface area (TPSA) is 50.8 Å². The highest BCUT2D eigenvalue weighted by Gasteiger charge is 2.40. The number of methoxy groups -OCH3 is 1. The molecule has 0 bridgehead atoms. The maximum atomic E-state index is 13.5. The first-order valence-corrected chi connectivity index (χ1v) is 14.0. The molecule has 1 aliphatic carbocycles. The molecule has 2 aliphatic heterocycles. The van der Waals surface area contributed by atoms with Crippen molar-refractivity contribution in [2.45, 2.75) is 63.5 Å². The number of nitrogens with one attached hydrogen (secondary N) is 1. The number of fused-ring (bicyclic) bond motifs is 1. The number of nitrogens with zero attached hydrogens (tertiary/aromatic N) is 1. The van der Waals surface area contributed by atoms with Gasteiger partial charge in [0, 0.05) is 6.54 Å². The minimum Gasteiger partial charge on any atom is -0.489 e. The molecule has 1 saturated carbocycles. The minimum absolute atomic E-state index is 0.0170. The van der Waals surface area contributed by atoms with E-state index in [1.165, 1.54) is 7.11 Å². The summed E-state index contributed by atoms with van der Waals surface area (Å²) >= 11 is 0. The van der Waals surface area contributed by atoms with Crippen LogP contribution in [0, 0.1) is 17.8 Å². The highest BCUT2D eigenvalue weighted by atomic mass is 19.4. The zero-order valence-electron chi connectivity index (χ0n) is 22.9. The zero-order valence-corrected chi connectivity index (χ0v) is 22.9. The molecule has 0 aromatic heterocycles. The van der Waals surface area contributed by atoms with Crippen LogP contribution >= 0.6 is 0 Å². The number of hydrogen-bond acceptors (Lipinski definition) is 5. The van der Waals surface area contributed by atoms with Gasteiger partial charge in [-0.2, -0.15) is 26.3 Å². The molecule has 5 rings (SSSR count). The Balaban J connectivity index is 1.24. The number of esters is 1. The van der Waals surface area contributed by atoms with Gasteiger partial charge in [0.15, 0.2) is 0 Å². The van der Waals surface area contributed by atoms with E-state index in [1.807, 2.05) is 25.1 Å². The van der Waals surface area contributed by atoms with Gasteiger partial charge in [-0.25, -0.2) is 0 Å². The van der Waals surface area contributed by atoms with Gasteiger partial charge in [0.05, 0.1) is 35.9 Å². The molecule has 1 saturated heterocycles. The molecule has 2 aromatic carbocycles. The Morgan fingerprint density at radius 3 is 2.34 bits per heavy atom. The number of hydrogen-bond donors (Lipinski definition) is 1. The second kappa shape index (κ2) is 11.4. The molecule has 2 aromatic rings. The molecule has 224 valence electrons. The minimum atomic E-state index is -4.74. The molecule has 3 aliphatic rings. The molecule has 11 heteroatoms. The van der Waals surface area contributed by atoms with Crippen molar-refractivity contribution in [3.05, 3.63) is 58.7 Å². The van der Waals surface area contributed by atoms with Crippen molar-refractivity contribution in [1.29, 1.82) is 0 Å². The number of halogens is 6. The highest BCUT2D eigenvalue weighted by Crippen LogP contribution is 2.48. The van der Waals surface area contributed by atoms with Crippen molar-refractivity contribution in [3.63, 3.8) is 0 Å². The summed E-state index contributed by atoms with van der Waals surface area (Å²) in [6.45, 7) is 3.06. The lowest BCUT2D eigenvalue weighted by Gasteiger charge is -2.39. The quantitative estimate of drug-likeness (QED) is 0.278. The smallest absolute Gasteiger partial charge is 0.416 e. The number of piperidine rings is 1. The number of carbonyl (C=O) groups excluding carboxylic acids is 1. The molecule has 0 amide bonds. The fourth-order valence-electron chi connectivity index (χ4n) is 6.36. The molecule has 5 nitrogen and oxygen atoms in total. The van der Waals surface area contributed by atoms with E-state index in [0.29, 0.717) is 56.7 Å². The number of carbonyl (C=O) groups is 1. The van der Waals surface area contributed by atoms with Crippen LogP contribution in [0.5, 0.6) is 5.75 Å². The van der Waals surface area contributed by atoms with Gasteiger partial charge in [0.25, 0.3) is 0 Å². The Bertz CT molecular complexity index is 1250. The molecular weight excluding hydrogens is 550 g/mol. The fraction of sp³-hybridized carbons (Fsp3) is 0.567. The van der Waals surface area contributed by atoms with Crippen LogP contribution in [0.2, 0.25) is 0 Å². The number of benzene rings is 2. The molecule has 0 spiro atoms. The van der Waals surface area contributed by atoms with E-state index in [-0.39, 0.29) is 41.9 Å². The fourth-order valence-corrected chi connectivity index (χ4v) is 6.36. The van der Waals surface area contributed by atoms with E-state index in [1.54, 1.807) is 4.90 Å². The third-order valence-electron chi connectivity index (χ3n) is 8.72.